The minimum absolute atomic E-state index is 0. The normalized spacial score (nSPS) is 10.8. The quantitative estimate of drug-likeness (QED) is 0.0547. The molecule has 0 spiro atoms. The maximum Gasteiger partial charge on any atom is 0.323 e. The summed E-state index contributed by atoms with van der Waals surface area (Å²) in [4.78, 5) is 24.1. The Labute approximate surface area is 420 Å². The summed E-state index contributed by atoms with van der Waals surface area (Å²) in [6.45, 7) is 30.0. The molecule has 0 bridgehead atoms. The van der Waals surface area contributed by atoms with Gasteiger partial charge < -0.3 is 55.0 Å². The van der Waals surface area contributed by atoms with E-state index in [2.05, 4.69) is 109 Å². The van der Waals surface area contributed by atoms with Crippen LogP contribution in [-0.2, 0) is 0 Å². The molecule has 4 amide bonds. The van der Waals surface area contributed by atoms with Gasteiger partial charge in [0.05, 0.1) is 52.4 Å². The number of quaternary nitrogens is 2. The Balaban J connectivity index is 0. The minimum atomic E-state index is -0.351. The van der Waals surface area contributed by atoms with Crippen LogP contribution in [0.1, 0.15) is 158 Å². The standard InChI is InChI=1S/C20H16Br2N4O2.2C16H36N.2ClH/c21-13-1-5-15(6-2-13)23-19(27)25-17-9-11-18(12-10-17)26-20(28)24-16-7-3-14(22)4-8-16;2*1-5-9-13-17(14-10-6-2,15-11-7-3)16-12-8-4;;/h1-12H,(H2,23,25,27)(H2,24,26,28);2*5-16H2,1-4H3;2*1H/q;2*+1;;/p-2. The second-order valence-electron chi connectivity index (χ2n) is 17.0. The highest BCUT2D eigenvalue weighted by atomic mass is 79.9. The van der Waals surface area contributed by atoms with Crippen molar-refractivity contribution >= 4 is 66.7 Å². The smallest absolute Gasteiger partial charge is 0.323 e. The molecule has 8 nitrogen and oxygen atoms in total. The van der Waals surface area contributed by atoms with Gasteiger partial charge in [-0.05, 0) is 124 Å². The number of amides is 4. The summed E-state index contributed by atoms with van der Waals surface area (Å²) in [5.74, 6) is 0. The van der Waals surface area contributed by atoms with Crippen LogP contribution in [0, 0.1) is 0 Å². The number of carbonyl (C=O) groups is 2. The molecule has 366 valence electrons. The lowest BCUT2D eigenvalue weighted by atomic mass is 10.1. The van der Waals surface area contributed by atoms with Gasteiger partial charge in [-0.3, -0.25) is 0 Å². The van der Waals surface area contributed by atoms with Gasteiger partial charge in [0.25, 0.3) is 0 Å². The highest BCUT2D eigenvalue weighted by molar-refractivity contribution is 9.10. The van der Waals surface area contributed by atoms with E-state index in [-0.39, 0.29) is 36.9 Å². The highest BCUT2D eigenvalue weighted by Gasteiger charge is 2.26. The third-order valence-corrected chi connectivity index (χ3v) is 12.6. The van der Waals surface area contributed by atoms with Gasteiger partial charge in [-0.25, -0.2) is 9.59 Å². The molecule has 4 N–H and O–H groups in total. The molecule has 0 heterocycles. The SMILES string of the molecule is CCCC[N+](CCCC)(CCCC)CCCC.CCCC[N+](CCCC)(CCCC)CCCC.O=C(Nc1ccc(Br)cc1)Nc1ccc(NC(=O)Nc2ccc(Br)cc2)cc1.[Cl-].[Cl-]. The first-order valence-corrected chi connectivity index (χ1v) is 26.0. The summed E-state index contributed by atoms with van der Waals surface area (Å²) >= 11 is 6.69. The van der Waals surface area contributed by atoms with Crippen LogP contribution < -0.4 is 46.1 Å². The van der Waals surface area contributed by atoms with Crippen molar-refractivity contribution in [2.75, 3.05) is 73.6 Å². The van der Waals surface area contributed by atoms with Gasteiger partial charge in [-0.1, -0.05) is 139 Å². The number of hydrogen-bond acceptors (Lipinski definition) is 2. The predicted octanol–water partition coefficient (Wildman–Crippen LogP) is 10.5. The summed E-state index contributed by atoms with van der Waals surface area (Å²) in [5.41, 5.74) is 2.58. The van der Waals surface area contributed by atoms with Crippen LogP contribution in [0.25, 0.3) is 0 Å². The lowest BCUT2D eigenvalue weighted by molar-refractivity contribution is -0.929. The number of carbonyl (C=O) groups excluding carboxylic acids is 2. The third kappa shape index (κ3) is 29.3. The van der Waals surface area contributed by atoms with Crippen LogP contribution in [-0.4, -0.2) is 73.4 Å². The highest BCUT2D eigenvalue weighted by Crippen LogP contribution is 2.20. The zero-order chi connectivity index (χ0) is 45.9. The molecule has 0 aliphatic rings. The summed E-state index contributed by atoms with van der Waals surface area (Å²) in [7, 11) is 0. The largest absolute Gasteiger partial charge is 1.00 e. The van der Waals surface area contributed by atoms with Gasteiger partial charge >= 0.3 is 12.1 Å². The zero-order valence-electron chi connectivity index (χ0n) is 41.1. The second kappa shape index (κ2) is 39.8. The van der Waals surface area contributed by atoms with Gasteiger partial charge in [-0.2, -0.15) is 0 Å². The lowest BCUT2D eigenvalue weighted by Gasteiger charge is -2.39. The molecular weight excluding hydrogens is 971 g/mol. The van der Waals surface area contributed by atoms with Gasteiger partial charge in [0, 0.05) is 31.7 Å². The topological polar surface area (TPSA) is 82.3 Å². The maximum atomic E-state index is 12.0. The van der Waals surface area contributed by atoms with E-state index in [4.69, 9.17) is 0 Å². The molecule has 3 aromatic rings. The van der Waals surface area contributed by atoms with Gasteiger partial charge in [0.2, 0.25) is 0 Å². The molecule has 0 atom stereocenters. The van der Waals surface area contributed by atoms with E-state index in [0.717, 1.165) is 8.95 Å². The summed E-state index contributed by atoms with van der Waals surface area (Å²) < 4.78 is 4.71. The zero-order valence-corrected chi connectivity index (χ0v) is 45.8. The Morgan fingerprint density at radius 1 is 0.344 bits per heavy atom. The number of benzene rings is 3. The van der Waals surface area contributed by atoms with Crippen molar-refractivity contribution in [1.82, 2.24) is 0 Å². The maximum absolute atomic E-state index is 12.0. The van der Waals surface area contributed by atoms with Gasteiger partial charge in [0.15, 0.2) is 0 Å². The first-order valence-electron chi connectivity index (χ1n) is 24.4. The average Bonchev–Trinajstić information content (AvgIpc) is 3.28. The van der Waals surface area contributed by atoms with Crippen molar-refractivity contribution in [1.29, 1.82) is 0 Å². The Bertz CT molecular complexity index is 1370. The van der Waals surface area contributed by atoms with Crippen molar-refractivity contribution in [2.24, 2.45) is 0 Å². The molecule has 0 radical (unpaired) electrons. The Morgan fingerprint density at radius 2 is 0.500 bits per heavy atom. The number of hydrogen-bond donors (Lipinski definition) is 4. The molecule has 0 saturated heterocycles. The van der Waals surface area contributed by atoms with Crippen LogP contribution in [0.4, 0.5) is 32.3 Å². The van der Waals surface area contributed by atoms with Crippen LogP contribution in [0.5, 0.6) is 0 Å². The van der Waals surface area contributed by atoms with Crippen LogP contribution >= 0.6 is 31.9 Å². The fourth-order valence-corrected chi connectivity index (χ4v) is 8.11. The van der Waals surface area contributed by atoms with E-state index < -0.39 is 0 Å². The molecule has 0 saturated carbocycles. The molecule has 0 aromatic heterocycles. The predicted molar refractivity (Wildman–Crippen MR) is 279 cm³/mol. The number of anilines is 4. The third-order valence-electron chi connectivity index (χ3n) is 11.5. The fraction of sp³-hybridized carbons (Fsp3) is 0.615. The van der Waals surface area contributed by atoms with E-state index in [9.17, 15) is 9.59 Å². The van der Waals surface area contributed by atoms with Crippen LogP contribution in [0.2, 0.25) is 0 Å². The van der Waals surface area contributed by atoms with Crippen LogP contribution in [0.15, 0.2) is 81.7 Å². The molecule has 3 aromatic carbocycles. The van der Waals surface area contributed by atoms with E-state index >= 15 is 0 Å². The van der Waals surface area contributed by atoms with Crippen molar-refractivity contribution in [3.05, 3.63) is 81.7 Å². The minimum Gasteiger partial charge on any atom is -1.00 e. The first-order chi connectivity index (χ1) is 30.0. The number of nitrogens with zero attached hydrogens (tertiary/aromatic N) is 2. The second-order valence-corrected chi connectivity index (χ2v) is 18.9. The first kappa shape index (κ1) is 63.7. The number of urea groups is 2. The molecule has 12 heteroatoms. The molecule has 3 rings (SSSR count). The van der Waals surface area contributed by atoms with Crippen LogP contribution in [0.3, 0.4) is 0 Å². The number of unbranched alkanes of at least 4 members (excludes halogenated alkanes) is 8. The van der Waals surface area contributed by atoms with Crippen molar-refractivity contribution < 1.29 is 43.4 Å². The van der Waals surface area contributed by atoms with Gasteiger partial charge in [-0.15, -0.1) is 0 Å². The molecule has 0 unspecified atom stereocenters. The van der Waals surface area contributed by atoms with Gasteiger partial charge in [0.1, 0.15) is 0 Å². The molecule has 64 heavy (non-hydrogen) atoms. The van der Waals surface area contributed by atoms with Crippen molar-refractivity contribution in [2.45, 2.75) is 158 Å². The summed E-state index contributed by atoms with van der Waals surface area (Å²) in [6, 6.07) is 20.7. The molecule has 0 aliphatic carbocycles. The molecule has 0 aliphatic heterocycles. The Kier molecular flexibility index (Phi) is 39.6. The summed E-state index contributed by atoms with van der Waals surface area (Å²) in [6.07, 6.45) is 22.1. The van der Waals surface area contributed by atoms with E-state index in [0.29, 0.717) is 22.7 Å². The Hall–Kier alpha value is -2.34. The Morgan fingerprint density at radius 3 is 0.656 bits per heavy atom. The summed E-state index contributed by atoms with van der Waals surface area (Å²) in [5, 5.41) is 11.0. The lowest BCUT2D eigenvalue weighted by Crippen LogP contribution is -3.00. The van der Waals surface area contributed by atoms with E-state index in [1.807, 2.05) is 24.3 Å². The monoisotopic (exact) mass is 1060 g/mol. The number of halogens is 4. The van der Waals surface area contributed by atoms with Crippen molar-refractivity contribution in [3.8, 4) is 0 Å². The number of nitrogens with one attached hydrogen (secondary N) is 4. The molecule has 0 fully saturated rings. The fourth-order valence-electron chi connectivity index (χ4n) is 7.58. The van der Waals surface area contributed by atoms with E-state index in [1.165, 1.54) is 164 Å². The van der Waals surface area contributed by atoms with E-state index in [1.54, 1.807) is 48.5 Å². The number of rotatable bonds is 28. The average molecular weight is 1060 g/mol. The molecular formula is C52H88Br2Cl2N6O2. The van der Waals surface area contributed by atoms with Crippen molar-refractivity contribution in [3.63, 3.8) is 0 Å².